The molecule has 0 saturated heterocycles. The van der Waals surface area contributed by atoms with Crippen molar-refractivity contribution in [2.75, 3.05) is 0 Å². The molecule has 0 aliphatic rings. The molecule has 0 bridgehead atoms. The number of hydrogen-bond donors (Lipinski definition) is 0. The molecule has 4 heteroatoms. The van der Waals surface area contributed by atoms with Gasteiger partial charge >= 0.3 is 18.0 Å². The van der Waals surface area contributed by atoms with Gasteiger partial charge in [-0.1, -0.05) is 0 Å². The zero-order valence-corrected chi connectivity index (χ0v) is 4.90. The Morgan fingerprint density at radius 2 is 0.500 bits per heavy atom. The molecule has 0 nitrogen and oxygen atoms in total. The van der Waals surface area contributed by atoms with Crippen molar-refractivity contribution < 1.29 is 14.1 Å². The summed E-state index contributed by atoms with van der Waals surface area (Å²) in [6, 6.07) is 0. The fourth-order valence-electron chi connectivity index (χ4n) is 0. The van der Waals surface area contributed by atoms with E-state index in [1.807, 2.05) is 0 Å². The van der Waals surface area contributed by atoms with Gasteiger partial charge in [-0.25, -0.2) is 0 Å². The Morgan fingerprint density at radius 1 is 0.500 bits per heavy atom. The van der Waals surface area contributed by atoms with Crippen molar-refractivity contribution in [2.24, 2.45) is 0 Å². The molecular weight excluding hydrogens is 132 g/mol. The van der Waals surface area contributed by atoms with E-state index in [2.05, 4.69) is 0 Å². The van der Waals surface area contributed by atoms with Crippen molar-refractivity contribution in [3.8, 4) is 0 Å². The van der Waals surface area contributed by atoms with Crippen molar-refractivity contribution in [3.05, 3.63) is 0 Å². The molecule has 0 spiro atoms. The van der Waals surface area contributed by atoms with Gasteiger partial charge in [0.1, 0.15) is 0 Å². The first-order chi connectivity index (χ1) is 0. The van der Waals surface area contributed by atoms with Crippen LogP contribution in [0.4, 0.5) is 14.1 Å². The van der Waals surface area contributed by atoms with Gasteiger partial charge in [0, 0.05) is 0 Å². The van der Waals surface area contributed by atoms with Crippen LogP contribution in [0, 0.1) is 0 Å². The molecular formula is H6AsF3. The topological polar surface area (TPSA) is 0 Å². The molecule has 1 unspecified atom stereocenters. The predicted molar refractivity (Wildman–Crippen MR) is 17.4 cm³/mol. The normalized spacial score (nSPS) is 0. The van der Waals surface area contributed by atoms with E-state index in [0.717, 1.165) is 0 Å². The van der Waals surface area contributed by atoms with Crippen molar-refractivity contribution in [3.63, 3.8) is 0 Å². The van der Waals surface area contributed by atoms with Crippen LogP contribution in [0.15, 0.2) is 0 Å². The van der Waals surface area contributed by atoms with Crippen molar-refractivity contribution in [1.82, 2.24) is 0 Å². The first kappa shape index (κ1) is 402. The summed E-state index contributed by atoms with van der Waals surface area (Å²) < 4.78 is 0. The van der Waals surface area contributed by atoms with Gasteiger partial charge < -0.3 is 0 Å². The van der Waals surface area contributed by atoms with Crippen LogP contribution in [0.1, 0.15) is 0 Å². The molecule has 0 aromatic heterocycles. The first-order valence-electron chi connectivity index (χ1n) is 0. The summed E-state index contributed by atoms with van der Waals surface area (Å²) in [5.74, 6) is 0. The van der Waals surface area contributed by atoms with Gasteiger partial charge in [0.25, 0.3) is 0 Å². The summed E-state index contributed by atoms with van der Waals surface area (Å²) in [7, 11) is 0. The maximum absolute atomic E-state index is 0. The van der Waals surface area contributed by atoms with Crippen LogP contribution in [-0.4, -0.2) is 18.0 Å². The van der Waals surface area contributed by atoms with Crippen LogP contribution in [0.2, 0.25) is 0 Å². The molecule has 1 atom stereocenters. The van der Waals surface area contributed by atoms with Crippen LogP contribution in [0.3, 0.4) is 0 Å². The Labute approximate surface area is 33.0 Å². The van der Waals surface area contributed by atoms with Crippen molar-refractivity contribution in [1.29, 1.82) is 0 Å². The van der Waals surface area contributed by atoms with Crippen LogP contribution >= 0.6 is 0 Å². The van der Waals surface area contributed by atoms with Gasteiger partial charge in [-0.3, -0.25) is 14.1 Å². The molecule has 0 amide bonds. The zero-order valence-electron chi connectivity index (χ0n) is 1.93. The van der Waals surface area contributed by atoms with Crippen LogP contribution < -0.4 is 0 Å². The molecule has 0 saturated carbocycles. The fourth-order valence-corrected chi connectivity index (χ4v) is 0. The summed E-state index contributed by atoms with van der Waals surface area (Å²) in [4.78, 5) is 0. The second-order valence-electron chi connectivity index (χ2n) is 0. The molecule has 0 heterocycles. The van der Waals surface area contributed by atoms with E-state index in [1.165, 1.54) is 0 Å². The number of halogens is 3. The molecule has 0 N–H and O–H groups in total. The van der Waals surface area contributed by atoms with Crippen LogP contribution in [-0.2, 0) is 0 Å². The third kappa shape index (κ3) is 35.2. The van der Waals surface area contributed by atoms with E-state index >= 15 is 0 Å². The average molecular weight is 138 g/mol. The molecule has 0 radical (unpaired) electrons. The van der Waals surface area contributed by atoms with Crippen molar-refractivity contribution in [2.45, 2.75) is 0 Å². The molecule has 0 aliphatic carbocycles. The molecule has 0 fully saturated rings. The van der Waals surface area contributed by atoms with Gasteiger partial charge in [0.05, 0.1) is 0 Å². The quantitative estimate of drug-likeness (QED) is 0.387. The monoisotopic (exact) mass is 138 g/mol. The van der Waals surface area contributed by atoms with E-state index in [9.17, 15) is 0 Å². The number of rotatable bonds is 0. The maximum atomic E-state index is 0. The SMILES string of the molecule is F.F.F.[AsH3]. The molecule has 32 valence electrons. The standard InChI is InChI=1S/AsH3.3FH/h1H3;3*1H. The summed E-state index contributed by atoms with van der Waals surface area (Å²) in [6.45, 7) is 0. The molecule has 0 aliphatic heterocycles. The van der Waals surface area contributed by atoms with Gasteiger partial charge in [-0.05, 0) is 0 Å². The third-order valence-corrected chi connectivity index (χ3v) is 0. The second-order valence-corrected chi connectivity index (χ2v) is 0. The third-order valence-electron chi connectivity index (χ3n) is 0. The van der Waals surface area contributed by atoms with E-state index in [0.29, 0.717) is 0 Å². The second kappa shape index (κ2) is 152. The Morgan fingerprint density at radius 3 is 0.500 bits per heavy atom. The number of hydrogen-bond acceptors (Lipinski definition) is 0. The summed E-state index contributed by atoms with van der Waals surface area (Å²) in [5, 5.41) is 0. The molecule has 4 heavy (non-hydrogen) atoms. The Balaban J connectivity index is 0. The van der Waals surface area contributed by atoms with Gasteiger partial charge in [-0.2, -0.15) is 0 Å². The minimum absolute atomic E-state index is 0. The van der Waals surface area contributed by atoms with Gasteiger partial charge in [0.15, 0.2) is 0 Å². The average Bonchev–Trinajstić information content (AvgIpc) is 0. The van der Waals surface area contributed by atoms with E-state index in [-0.39, 0.29) is 32.1 Å². The summed E-state index contributed by atoms with van der Waals surface area (Å²) in [5.41, 5.74) is 0. The zero-order chi connectivity index (χ0) is 0. The van der Waals surface area contributed by atoms with Crippen LogP contribution in [0.5, 0.6) is 0 Å². The molecule has 0 aromatic carbocycles. The first-order valence-corrected chi connectivity index (χ1v) is 0. The summed E-state index contributed by atoms with van der Waals surface area (Å²) in [6.07, 6.45) is 0. The van der Waals surface area contributed by atoms with Crippen LogP contribution in [0.25, 0.3) is 0 Å². The minimum atomic E-state index is 0. The summed E-state index contributed by atoms with van der Waals surface area (Å²) >= 11 is 0. The fraction of sp³-hybridized carbons (Fsp3) is 0. The van der Waals surface area contributed by atoms with E-state index < -0.39 is 0 Å². The van der Waals surface area contributed by atoms with Gasteiger partial charge in [0.2, 0.25) is 0 Å². The predicted octanol–water partition coefficient (Wildman–Crippen LogP) is -0.726. The van der Waals surface area contributed by atoms with E-state index in [1.54, 1.807) is 0 Å². The Hall–Kier alpha value is 0.348. The van der Waals surface area contributed by atoms with E-state index in [4.69, 9.17) is 0 Å². The molecule has 0 aromatic rings. The molecule has 0 rings (SSSR count). The van der Waals surface area contributed by atoms with Gasteiger partial charge in [-0.15, -0.1) is 0 Å². The Bertz CT molecular complexity index is 3.25. The Kier molecular flexibility index (Phi) is 15300. The van der Waals surface area contributed by atoms with Crippen molar-refractivity contribution >= 4 is 18.0 Å².